The summed E-state index contributed by atoms with van der Waals surface area (Å²) < 4.78 is 0. The Morgan fingerprint density at radius 2 is 2.09 bits per heavy atom. The molecule has 1 aliphatic heterocycles. The third kappa shape index (κ3) is 2.65. The average Bonchev–Trinajstić information content (AvgIpc) is 2.05. The molecule has 0 saturated carbocycles. The van der Waals surface area contributed by atoms with Crippen LogP contribution < -0.4 is 0 Å². The van der Waals surface area contributed by atoms with E-state index >= 15 is 0 Å². The van der Waals surface area contributed by atoms with Crippen molar-refractivity contribution in [2.24, 2.45) is 0 Å². The lowest BCUT2D eigenvalue weighted by Crippen LogP contribution is -2.41. The smallest absolute Gasteiger partial charge is 0.107 e. The Kier molecular flexibility index (Phi) is 3.69. The van der Waals surface area contributed by atoms with E-state index in [-0.39, 0.29) is 6.23 Å². The molecule has 3 heteroatoms. The molecule has 0 aromatic rings. The molecule has 1 fully saturated rings. The Bertz CT molecular complexity index is 113. The minimum atomic E-state index is -0.226. The van der Waals surface area contributed by atoms with E-state index in [9.17, 15) is 5.11 Å². The van der Waals surface area contributed by atoms with Crippen LogP contribution in [-0.2, 0) is 0 Å². The maximum Gasteiger partial charge on any atom is 0.107 e. The lowest BCUT2D eigenvalue weighted by molar-refractivity contribution is -0.00881. The second kappa shape index (κ2) is 4.33. The lowest BCUT2D eigenvalue weighted by Gasteiger charge is -2.32. The van der Waals surface area contributed by atoms with Gasteiger partial charge in [-0.3, -0.25) is 4.90 Å². The summed E-state index contributed by atoms with van der Waals surface area (Å²) in [5.41, 5.74) is 0. The average molecular weight is 175 g/mol. The molecular weight excluding hydrogens is 158 g/mol. The number of nitrogens with zero attached hydrogens (tertiary/aromatic N) is 1. The zero-order chi connectivity index (χ0) is 8.27. The summed E-state index contributed by atoms with van der Waals surface area (Å²) in [7, 11) is 0. The molecule has 0 aromatic carbocycles. The summed E-state index contributed by atoms with van der Waals surface area (Å²) in [5, 5.41) is 10.0. The molecule has 0 spiro atoms. The van der Waals surface area contributed by atoms with Gasteiger partial charge in [-0.25, -0.2) is 0 Å². The molecule has 1 unspecified atom stereocenters. The number of rotatable bonds is 2. The fourth-order valence-corrected chi connectivity index (χ4v) is 1.67. The molecule has 0 amide bonds. The van der Waals surface area contributed by atoms with Crippen LogP contribution in [0.4, 0.5) is 0 Å². The van der Waals surface area contributed by atoms with Crippen molar-refractivity contribution in [1.82, 2.24) is 4.90 Å². The minimum absolute atomic E-state index is 0.226. The Hall–Kier alpha value is 0.270. The molecule has 1 N–H and O–H groups in total. The van der Waals surface area contributed by atoms with Crippen molar-refractivity contribution in [2.45, 2.75) is 37.7 Å². The maximum absolute atomic E-state index is 9.47. The van der Waals surface area contributed by atoms with Crippen LogP contribution >= 0.6 is 12.6 Å². The van der Waals surface area contributed by atoms with Crippen molar-refractivity contribution in [3.8, 4) is 0 Å². The van der Waals surface area contributed by atoms with Gasteiger partial charge in [-0.1, -0.05) is 6.92 Å². The van der Waals surface area contributed by atoms with Crippen molar-refractivity contribution in [3.05, 3.63) is 0 Å². The first-order chi connectivity index (χ1) is 5.24. The Balaban J connectivity index is 2.27. The van der Waals surface area contributed by atoms with Crippen molar-refractivity contribution < 1.29 is 5.11 Å². The molecule has 11 heavy (non-hydrogen) atoms. The van der Waals surface area contributed by atoms with E-state index < -0.39 is 0 Å². The second-order valence-corrected chi connectivity index (χ2v) is 3.89. The Labute approximate surface area is 74.0 Å². The van der Waals surface area contributed by atoms with Gasteiger partial charge in [-0.15, -0.1) is 0 Å². The molecule has 1 heterocycles. The normalized spacial score (nSPS) is 25.4. The quantitative estimate of drug-likeness (QED) is 0.614. The molecule has 1 atom stereocenters. The van der Waals surface area contributed by atoms with Gasteiger partial charge < -0.3 is 5.11 Å². The fourth-order valence-electron chi connectivity index (χ4n) is 1.44. The van der Waals surface area contributed by atoms with Crippen LogP contribution in [0.3, 0.4) is 0 Å². The van der Waals surface area contributed by atoms with Crippen LogP contribution in [0, 0.1) is 0 Å². The van der Waals surface area contributed by atoms with Crippen LogP contribution in [0.2, 0.25) is 0 Å². The second-order valence-electron chi connectivity index (χ2n) is 3.16. The first kappa shape index (κ1) is 9.36. The molecule has 1 rings (SSSR count). The number of hydrogen-bond acceptors (Lipinski definition) is 3. The van der Waals surface area contributed by atoms with Crippen LogP contribution in [0.15, 0.2) is 0 Å². The topological polar surface area (TPSA) is 23.5 Å². The monoisotopic (exact) mass is 175 g/mol. The van der Waals surface area contributed by atoms with Crippen LogP contribution in [0.25, 0.3) is 0 Å². The van der Waals surface area contributed by atoms with Gasteiger partial charge in [-0.05, 0) is 19.3 Å². The number of aliphatic hydroxyl groups is 1. The van der Waals surface area contributed by atoms with Crippen molar-refractivity contribution in [1.29, 1.82) is 0 Å². The van der Waals surface area contributed by atoms with Crippen molar-refractivity contribution in [3.63, 3.8) is 0 Å². The van der Waals surface area contributed by atoms with E-state index in [2.05, 4.69) is 17.5 Å². The van der Waals surface area contributed by atoms with Gasteiger partial charge in [0.2, 0.25) is 0 Å². The van der Waals surface area contributed by atoms with Gasteiger partial charge in [0.25, 0.3) is 0 Å². The van der Waals surface area contributed by atoms with E-state index in [4.69, 9.17) is 0 Å². The van der Waals surface area contributed by atoms with E-state index in [1.165, 1.54) is 0 Å². The SMILES string of the molecule is CCC(O)N1CCC(S)CC1. The van der Waals surface area contributed by atoms with Crippen LogP contribution in [0.1, 0.15) is 26.2 Å². The third-order valence-corrected chi connectivity index (χ3v) is 2.80. The van der Waals surface area contributed by atoms with Gasteiger partial charge in [0.15, 0.2) is 0 Å². The molecule has 1 aliphatic rings. The highest BCUT2D eigenvalue weighted by Gasteiger charge is 2.20. The summed E-state index contributed by atoms with van der Waals surface area (Å²) in [4.78, 5) is 2.13. The van der Waals surface area contributed by atoms with Crippen molar-refractivity contribution in [2.75, 3.05) is 13.1 Å². The molecule has 0 aliphatic carbocycles. The predicted molar refractivity (Wildman–Crippen MR) is 49.9 cm³/mol. The summed E-state index contributed by atoms with van der Waals surface area (Å²) >= 11 is 4.39. The molecule has 0 radical (unpaired) electrons. The van der Waals surface area contributed by atoms with Gasteiger partial charge in [-0.2, -0.15) is 12.6 Å². The standard InChI is InChI=1S/C8H17NOS/c1-2-8(10)9-5-3-7(11)4-6-9/h7-8,10-11H,2-6H2,1H3. The maximum atomic E-state index is 9.47. The highest BCUT2D eigenvalue weighted by Crippen LogP contribution is 2.17. The Morgan fingerprint density at radius 3 is 2.55 bits per heavy atom. The van der Waals surface area contributed by atoms with Crippen molar-refractivity contribution >= 4 is 12.6 Å². The molecular formula is C8H17NOS. The molecule has 66 valence electrons. The lowest BCUT2D eigenvalue weighted by atomic mass is 10.1. The highest BCUT2D eigenvalue weighted by molar-refractivity contribution is 7.80. The molecule has 1 saturated heterocycles. The summed E-state index contributed by atoms with van der Waals surface area (Å²) in [6, 6.07) is 0. The summed E-state index contributed by atoms with van der Waals surface area (Å²) in [5.74, 6) is 0. The number of thiol groups is 1. The first-order valence-electron chi connectivity index (χ1n) is 4.34. The largest absolute Gasteiger partial charge is 0.378 e. The van der Waals surface area contributed by atoms with Crippen LogP contribution in [-0.4, -0.2) is 34.6 Å². The van der Waals surface area contributed by atoms with Crippen LogP contribution in [0.5, 0.6) is 0 Å². The Morgan fingerprint density at radius 1 is 1.55 bits per heavy atom. The molecule has 0 bridgehead atoms. The van der Waals surface area contributed by atoms with Gasteiger partial charge >= 0.3 is 0 Å². The number of aliphatic hydroxyl groups excluding tert-OH is 1. The van der Waals surface area contributed by atoms with Gasteiger partial charge in [0, 0.05) is 18.3 Å². The molecule has 0 aromatic heterocycles. The number of hydrogen-bond donors (Lipinski definition) is 2. The first-order valence-corrected chi connectivity index (χ1v) is 4.86. The summed E-state index contributed by atoms with van der Waals surface area (Å²) in [6.07, 6.45) is 2.83. The zero-order valence-electron chi connectivity index (χ0n) is 7.03. The third-order valence-electron chi connectivity index (χ3n) is 2.29. The molecule has 2 nitrogen and oxygen atoms in total. The van der Waals surface area contributed by atoms with Gasteiger partial charge in [0.1, 0.15) is 6.23 Å². The zero-order valence-corrected chi connectivity index (χ0v) is 7.93. The minimum Gasteiger partial charge on any atom is -0.378 e. The van der Waals surface area contributed by atoms with E-state index in [1.807, 2.05) is 6.92 Å². The highest BCUT2D eigenvalue weighted by atomic mass is 32.1. The number of likely N-dealkylation sites (tertiary alicyclic amines) is 1. The van der Waals surface area contributed by atoms with Gasteiger partial charge in [0.05, 0.1) is 0 Å². The van der Waals surface area contributed by atoms with E-state index in [0.717, 1.165) is 32.4 Å². The summed E-state index contributed by atoms with van der Waals surface area (Å²) in [6.45, 7) is 4.02. The predicted octanol–water partition coefficient (Wildman–Crippen LogP) is 1.11. The van der Waals surface area contributed by atoms with E-state index in [1.54, 1.807) is 0 Å². The van der Waals surface area contributed by atoms with E-state index in [0.29, 0.717) is 5.25 Å². The number of piperidine rings is 1. The fraction of sp³-hybridized carbons (Fsp3) is 1.00.